The summed E-state index contributed by atoms with van der Waals surface area (Å²) in [5, 5.41) is 8.48. The lowest BCUT2D eigenvalue weighted by atomic mass is 10.7. The van der Waals surface area contributed by atoms with E-state index in [-0.39, 0.29) is 6.54 Å². The minimum absolute atomic E-state index is 0.333. The van der Waals surface area contributed by atoms with Crippen LogP contribution in [0, 0.1) is 0 Å². The van der Waals surface area contributed by atoms with Crippen LogP contribution in [0.3, 0.4) is 0 Å². The second-order valence-electron chi connectivity index (χ2n) is 1.07. The Morgan fingerprint density at radius 2 is 1.55 bits per heavy atom. The molecule has 0 spiro atoms. The molecular formula is C6H15N3O2. The number of carboxylic acid groups (broad SMARTS) is 1. The molecule has 0 fully saturated rings. The summed E-state index contributed by atoms with van der Waals surface area (Å²) in [6.07, 6.45) is 0. The van der Waals surface area contributed by atoms with Crippen LogP contribution in [-0.4, -0.2) is 22.7 Å². The molecule has 0 heterocycles. The summed E-state index contributed by atoms with van der Waals surface area (Å²) < 4.78 is 0. The highest BCUT2D eigenvalue weighted by Crippen LogP contribution is 1.60. The molecule has 0 aliphatic heterocycles. The van der Waals surface area contributed by atoms with Gasteiger partial charge < -0.3 is 5.11 Å². The fraction of sp³-hybridized carbons (Fsp3) is 0.167. The van der Waals surface area contributed by atoms with E-state index in [0.717, 1.165) is 0 Å². The van der Waals surface area contributed by atoms with Gasteiger partial charge >= 0.3 is 5.97 Å². The third kappa shape index (κ3) is 51.4. The van der Waals surface area contributed by atoms with Crippen molar-refractivity contribution in [2.24, 2.45) is 11.7 Å². The molecule has 0 unspecified atom stereocenters. The van der Waals surface area contributed by atoms with Gasteiger partial charge in [0.05, 0.1) is 0 Å². The van der Waals surface area contributed by atoms with Crippen molar-refractivity contribution in [2.45, 2.75) is 0 Å². The SMILES string of the molecule is C=C.C=C.NN(N)CC(=O)O. The van der Waals surface area contributed by atoms with Crippen molar-refractivity contribution in [1.29, 1.82) is 0 Å². The average molecular weight is 161 g/mol. The summed E-state index contributed by atoms with van der Waals surface area (Å²) in [5.41, 5.74) is 0. The van der Waals surface area contributed by atoms with E-state index in [1.54, 1.807) is 0 Å². The van der Waals surface area contributed by atoms with Gasteiger partial charge in [0, 0.05) is 0 Å². The van der Waals surface area contributed by atoms with Crippen molar-refractivity contribution in [3.05, 3.63) is 26.3 Å². The molecule has 0 aliphatic carbocycles. The Labute approximate surface area is 66.5 Å². The average Bonchev–Trinajstić information content (AvgIpc) is 1.93. The van der Waals surface area contributed by atoms with Gasteiger partial charge in [0.2, 0.25) is 0 Å². The first-order chi connectivity index (χ1) is 5.13. The Kier molecular flexibility index (Phi) is 23.8. The smallest absolute Gasteiger partial charge is 0.320 e. The van der Waals surface area contributed by atoms with Crippen LogP contribution in [0.25, 0.3) is 0 Å². The molecular weight excluding hydrogens is 146 g/mol. The van der Waals surface area contributed by atoms with Gasteiger partial charge in [-0.05, 0) is 0 Å². The van der Waals surface area contributed by atoms with Gasteiger partial charge in [-0.15, -0.1) is 26.3 Å². The lowest BCUT2D eigenvalue weighted by molar-refractivity contribution is -0.138. The predicted molar refractivity (Wildman–Crippen MR) is 45.2 cm³/mol. The Hall–Kier alpha value is -1.17. The van der Waals surface area contributed by atoms with Crippen LogP contribution in [0.5, 0.6) is 0 Å². The monoisotopic (exact) mass is 161 g/mol. The molecule has 0 aromatic rings. The maximum absolute atomic E-state index is 9.61. The first kappa shape index (κ1) is 16.4. The minimum atomic E-state index is -1.04. The molecule has 0 aliphatic rings. The van der Waals surface area contributed by atoms with Crippen molar-refractivity contribution in [1.82, 2.24) is 5.12 Å². The Morgan fingerprint density at radius 1 is 1.27 bits per heavy atom. The molecule has 5 nitrogen and oxygen atoms in total. The molecule has 0 amide bonds. The van der Waals surface area contributed by atoms with E-state index in [2.05, 4.69) is 26.3 Å². The van der Waals surface area contributed by atoms with Crippen molar-refractivity contribution in [3.8, 4) is 0 Å². The summed E-state index contributed by atoms with van der Waals surface area (Å²) in [5.74, 6) is 8.41. The number of rotatable bonds is 2. The van der Waals surface area contributed by atoms with E-state index in [9.17, 15) is 4.79 Å². The topological polar surface area (TPSA) is 92.6 Å². The zero-order valence-electron chi connectivity index (χ0n) is 6.49. The quantitative estimate of drug-likeness (QED) is 0.294. The van der Waals surface area contributed by atoms with E-state index in [1.165, 1.54) is 0 Å². The van der Waals surface area contributed by atoms with E-state index >= 15 is 0 Å². The lowest BCUT2D eigenvalue weighted by Crippen LogP contribution is -2.41. The van der Waals surface area contributed by atoms with Crippen LogP contribution in [-0.2, 0) is 4.79 Å². The number of hydrogen-bond donors (Lipinski definition) is 3. The van der Waals surface area contributed by atoms with E-state index in [1.807, 2.05) is 0 Å². The molecule has 66 valence electrons. The van der Waals surface area contributed by atoms with Crippen LogP contribution in [0.2, 0.25) is 0 Å². The molecule has 0 rings (SSSR count). The molecule has 0 radical (unpaired) electrons. The van der Waals surface area contributed by atoms with E-state index in [4.69, 9.17) is 16.8 Å². The second kappa shape index (κ2) is 15.9. The number of nitrogens with two attached hydrogens (primary N) is 2. The van der Waals surface area contributed by atoms with Crippen molar-refractivity contribution < 1.29 is 9.90 Å². The third-order valence-corrected chi connectivity index (χ3v) is 0.318. The molecule has 0 bridgehead atoms. The highest BCUT2D eigenvalue weighted by atomic mass is 16.4. The number of hydrazine groups is 2. The maximum atomic E-state index is 9.61. The second-order valence-corrected chi connectivity index (χ2v) is 1.07. The molecule has 11 heavy (non-hydrogen) atoms. The van der Waals surface area contributed by atoms with E-state index in [0.29, 0.717) is 5.12 Å². The van der Waals surface area contributed by atoms with Gasteiger partial charge in [-0.1, -0.05) is 0 Å². The molecule has 0 saturated heterocycles. The first-order valence-corrected chi connectivity index (χ1v) is 2.61. The van der Waals surface area contributed by atoms with Gasteiger partial charge in [-0.2, -0.15) is 5.12 Å². The van der Waals surface area contributed by atoms with Crippen LogP contribution in [0.4, 0.5) is 0 Å². The molecule has 5 heteroatoms. The van der Waals surface area contributed by atoms with Crippen LogP contribution in [0.15, 0.2) is 26.3 Å². The summed E-state index contributed by atoms with van der Waals surface area (Å²) in [6, 6.07) is 0. The summed E-state index contributed by atoms with van der Waals surface area (Å²) in [6.45, 7) is 11.7. The highest BCUT2D eigenvalue weighted by Gasteiger charge is 1.95. The Bertz CT molecular complexity index is 93.8. The summed E-state index contributed by atoms with van der Waals surface area (Å²) >= 11 is 0. The maximum Gasteiger partial charge on any atom is 0.320 e. The van der Waals surface area contributed by atoms with Crippen LogP contribution < -0.4 is 11.7 Å². The zero-order chi connectivity index (χ0) is 9.86. The summed E-state index contributed by atoms with van der Waals surface area (Å²) in [7, 11) is 0. The molecule has 0 saturated carbocycles. The fourth-order valence-corrected chi connectivity index (χ4v) is 0.156. The van der Waals surface area contributed by atoms with Gasteiger partial charge in [-0.3, -0.25) is 16.5 Å². The van der Waals surface area contributed by atoms with Crippen LogP contribution >= 0.6 is 0 Å². The Morgan fingerprint density at radius 3 is 1.55 bits per heavy atom. The van der Waals surface area contributed by atoms with Crippen molar-refractivity contribution in [3.63, 3.8) is 0 Å². The number of carboxylic acids is 1. The van der Waals surface area contributed by atoms with Gasteiger partial charge in [0.25, 0.3) is 0 Å². The molecule has 0 aromatic heterocycles. The van der Waals surface area contributed by atoms with E-state index < -0.39 is 5.97 Å². The first-order valence-electron chi connectivity index (χ1n) is 2.61. The highest BCUT2D eigenvalue weighted by molar-refractivity contribution is 5.68. The van der Waals surface area contributed by atoms with Gasteiger partial charge in [0.1, 0.15) is 6.54 Å². The Balaban J connectivity index is -0.000000138. The molecule has 5 N–H and O–H groups in total. The lowest BCUT2D eigenvalue weighted by Gasteiger charge is -2.01. The summed E-state index contributed by atoms with van der Waals surface area (Å²) in [4.78, 5) is 9.61. The fourth-order valence-electron chi connectivity index (χ4n) is 0.156. The van der Waals surface area contributed by atoms with Gasteiger partial charge in [-0.25, -0.2) is 0 Å². The minimum Gasteiger partial charge on any atom is -0.480 e. The largest absolute Gasteiger partial charge is 0.480 e. The normalized spacial score (nSPS) is 6.82. The predicted octanol–water partition coefficient (Wildman–Crippen LogP) is -0.275. The zero-order valence-corrected chi connectivity index (χ0v) is 6.49. The number of nitrogens with zero attached hydrogens (tertiary/aromatic N) is 1. The molecule has 0 atom stereocenters. The number of hydrogen-bond acceptors (Lipinski definition) is 4. The van der Waals surface area contributed by atoms with Crippen molar-refractivity contribution in [2.75, 3.05) is 6.54 Å². The van der Waals surface area contributed by atoms with Crippen LogP contribution in [0.1, 0.15) is 0 Å². The number of aliphatic carboxylic acids is 1. The van der Waals surface area contributed by atoms with Crippen molar-refractivity contribution >= 4 is 5.97 Å². The standard InChI is InChI=1S/C2H7N3O2.2C2H4/c3-5(4)1-2(6)7;2*1-2/h1,3-4H2,(H,6,7);2*1-2H2. The number of carbonyl (C=O) groups is 1. The molecule has 0 aromatic carbocycles. The third-order valence-electron chi connectivity index (χ3n) is 0.318. The van der Waals surface area contributed by atoms with Gasteiger partial charge in [0.15, 0.2) is 0 Å².